The lowest BCUT2D eigenvalue weighted by atomic mass is 10.1. The Morgan fingerprint density at radius 3 is 2.80 bits per heavy atom. The molecule has 3 aliphatic rings. The van der Waals surface area contributed by atoms with Gasteiger partial charge in [0.05, 0.1) is 38.4 Å². The third kappa shape index (κ3) is 4.91. The number of fused-ring (bicyclic) bond motifs is 3. The Morgan fingerprint density at radius 1 is 1.23 bits per heavy atom. The molecular weight excluding hydrogens is 466 g/mol. The van der Waals surface area contributed by atoms with Crippen LogP contribution in [0.25, 0.3) is 0 Å². The fraction of sp³-hybridized carbons (Fsp3) is 0.480. The largest absolute Gasteiger partial charge is 0.491 e. The lowest BCUT2D eigenvalue weighted by Gasteiger charge is -2.28. The van der Waals surface area contributed by atoms with Crippen molar-refractivity contribution in [1.82, 2.24) is 15.1 Å². The van der Waals surface area contributed by atoms with E-state index in [0.717, 1.165) is 61.1 Å². The minimum absolute atomic E-state index is 0.163. The third-order valence-corrected chi connectivity index (χ3v) is 7.46. The molecule has 35 heavy (non-hydrogen) atoms. The monoisotopic (exact) mass is 497 g/mol. The van der Waals surface area contributed by atoms with Crippen molar-refractivity contribution in [3.05, 3.63) is 39.1 Å². The van der Waals surface area contributed by atoms with Crippen LogP contribution in [0, 0.1) is 13.8 Å². The molecule has 4 heterocycles. The van der Waals surface area contributed by atoms with Gasteiger partial charge in [0, 0.05) is 36.6 Å². The van der Waals surface area contributed by atoms with Gasteiger partial charge in [-0.25, -0.2) is 4.99 Å². The third-order valence-electron chi connectivity index (χ3n) is 6.31. The summed E-state index contributed by atoms with van der Waals surface area (Å²) >= 11 is 1.48. The van der Waals surface area contributed by atoms with Crippen LogP contribution in [0.5, 0.6) is 11.5 Å². The van der Waals surface area contributed by atoms with Crippen molar-refractivity contribution in [2.75, 3.05) is 59.7 Å². The molecule has 1 aromatic heterocycles. The molecule has 1 N–H and O–H groups in total. The number of aryl methyl sites for hydroxylation is 2. The number of rotatable bonds is 7. The Kier molecular flexibility index (Phi) is 7.03. The van der Waals surface area contributed by atoms with Crippen LogP contribution in [0.15, 0.2) is 28.2 Å². The second kappa shape index (κ2) is 10.3. The van der Waals surface area contributed by atoms with Gasteiger partial charge in [-0.1, -0.05) is 0 Å². The quantitative estimate of drug-likeness (QED) is 0.592. The number of amides is 1. The smallest absolute Gasteiger partial charge is 0.268 e. The van der Waals surface area contributed by atoms with Crippen LogP contribution in [0.1, 0.15) is 32.1 Å². The normalized spacial score (nSPS) is 17.4. The Hall–Kier alpha value is -2.95. The number of carbonyl (C=O) groups is 1. The molecule has 9 nitrogen and oxygen atoms in total. The zero-order valence-corrected chi connectivity index (χ0v) is 21.2. The van der Waals surface area contributed by atoms with Crippen molar-refractivity contribution >= 4 is 34.7 Å². The molecule has 0 radical (unpaired) electrons. The first kappa shape index (κ1) is 23.8. The van der Waals surface area contributed by atoms with Crippen LogP contribution < -0.4 is 14.8 Å². The number of amidine groups is 1. The maximum Gasteiger partial charge on any atom is 0.268 e. The first-order valence-corrected chi connectivity index (χ1v) is 12.8. The number of aliphatic imine (C=N–C) groups is 2. The van der Waals surface area contributed by atoms with E-state index in [9.17, 15) is 4.79 Å². The number of hydrogen-bond acceptors (Lipinski definition) is 9. The summed E-state index contributed by atoms with van der Waals surface area (Å²) in [6.45, 7) is 10.3. The van der Waals surface area contributed by atoms with Crippen molar-refractivity contribution in [3.8, 4) is 11.5 Å². The predicted molar refractivity (Wildman–Crippen MR) is 137 cm³/mol. The molecule has 1 saturated heterocycles. The molecule has 186 valence electrons. The average Bonchev–Trinajstić information content (AvgIpc) is 3.48. The number of nitrogens with one attached hydrogen (secondary N) is 1. The SMILES string of the molecule is COc1c(OCCCN2CCOCC2)ccc2c1N=C(NC(=O)c1sc(C)cc1C)N1CCN=C21. The number of nitrogens with zero attached hydrogens (tertiary/aromatic N) is 4. The Bertz CT molecular complexity index is 1170. The number of hydrogen-bond donors (Lipinski definition) is 1. The Labute approximate surface area is 209 Å². The maximum absolute atomic E-state index is 13.1. The van der Waals surface area contributed by atoms with Crippen LogP contribution in [-0.4, -0.2) is 87.2 Å². The van der Waals surface area contributed by atoms with Crippen LogP contribution in [0.3, 0.4) is 0 Å². The molecule has 1 aromatic carbocycles. The molecule has 0 saturated carbocycles. The molecule has 2 aromatic rings. The van der Waals surface area contributed by atoms with Crippen molar-refractivity contribution in [1.29, 1.82) is 0 Å². The van der Waals surface area contributed by atoms with Gasteiger partial charge in [0.15, 0.2) is 11.5 Å². The number of ether oxygens (including phenoxy) is 3. The van der Waals surface area contributed by atoms with Crippen LogP contribution in [0.2, 0.25) is 0 Å². The lowest BCUT2D eigenvalue weighted by molar-refractivity contribution is 0.0357. The molecule has 0 aliphatic carbocycles. The van der Waals surface area contributed by atoms with Crippen molar-refractivity contribution < 1.29 is 19.0 Å². The Balaban J connectivity index is 1.36. The molecule has 0 atom stereocenters. The second-order valence-electron chi connectivity index (χ2n) is 8.76. The minimum atomic E-state index is -0.163. The zero-order valence-electron chi connectivity index (χ0n) is 20.4. The fourth-order valence-electron chi connectivity index (χ4n) is 4.62. The number of methoxy groups -OCH3 is 1. The summed E-state index contributed by atoms with van der Waals surface area (Å²) in [7, 11) is 1.62. The van der Waals surface area contributed by atoms with Gasteiger partial charge in [0.1, 0.15) is 11.5 Å². The van der Waals surface area contributed by atoms with Gasteiger partial charge in [-0.3, -0.25) is 24.9 Å². The van der Waals surface area contributed by atoms with E-state index in [1.807, 2.05) is 36.9 Å². The summed E-state index contributed by atoms with van der Waals surface area (Å²) in [5.74, 6) is 2.29. The molecule has 1 amide bonds. The highest BCUT2D eigenvalue weighted by Gasteiger charge is 2.33. The summed E-state index contributed by atoms with van der Waals surface area (Å²) in [6, 6.07) is 5.91. The molecule has 1 fully saturated rings. The summed E-state index contributed by atoms with van der Waals surface area (Å²) in [5.41, 5.74) is 2.47. The van der Waals surface area contributed by atoms with Crippen LogP contribution in [-0.2, 0) is 4.74 Å². The molecular formula is C25H31N5O4S. The second-order valence-corrected chi connectivity index (χ2v) is 10.0. The first-order valence-electron chi connectivity index (χ1n) is 12.0. The highest BCUT2D eigenvalue weighted by atomic mass is 32.1. The van der Waals surface area contributed by atoms with Crippen molar-refractivity contribution in [3.63, 3.8) is 0 Å². The molecule has 0 spiro atoms. The number of morpholine rings is 1. The zero-order chi connectivity index (χ0) is 24.4. The van der Waals surface area contributed by atoms with Gasteiger partial charge < -0.3 is 14.2 Å². The van der Waals surface area contributed by atoms with E-state index >= 15 is 0 Å². The van der Waals surface area contributed by atoms with E-state index in [1.165, 1.54) is 11.3 Å². The maximum atomic E-state index is 13.1. The van der Waals surface area contributed by atoms with Gasteiger partial charge in [-0.05, 0) is 44.0 Å². The first-order chi connectivity index (χ1) is 17.0. The summed E-state index contributed by atoms with van der Waals surface area (Å²) < 4.78 is 17.3. The Morgan fingerprint density at radius 2 is 2.06 bits per heavy atom. The topological polar surface area (TPSA) is 88.0 Å². The molecule has 3 aliphatic heterocycles. The van der Waals surface area contributed by atoms with Crippen molar-refractivity contribution in [2.45, 2.75) is 20.3 Å². The standard InChI is InChI=1S/C25H31N5O4S/c1-16-15-17(2)35-22(16)24(31)28-25-27-20-18(23-26-7-9-30(23)25)5-6-19(21(20)32-3)34-12-4-8-29-10-13-33-14-11-29/h5-6,15H,4,7-14H2,1-3H3,(H,27,28,31). The van der Waals surface area contributed by atoms with Gasteiger partial charge in [-0.2, -0.15) is 0 Å². The average molecular weight is 498 g/mol. The van der Waals surface area contributed by atoms with Crippen LogP contribution >= 0.6 is 11.3 Å². The van der Waals surface area contributed by atoms with E-state index < -0.39 is 0 Å². The molecule has 10 heteroatoms. The van der Waals surface area contributed by atoms with Crippen LogP contribution in [0.4, 0.5) is 5.69 Å². The summed E-state index contributed by atoms with van der Waals surface area (Å²) in [5, 5.41) is 3.02. The van der Waals surface area contributed by atoms with Gasteiger partial charge in [-0.15, -0.1) is 11.3 Å². The fourth-order valence-corrected chi connectivity index (χ4v) is 5.54. The number of benzene rings is 1. The highest BCUT2D eigenvalue weighted by molar-refractivity contribution is 7.14. The minimum Gasteiger partial charge on any atom is -0.491 e. The highest BCUT2D eigenvalue weighted by Crippen LogP contribution is 2.43. The number of guanidine groups is 1. The van der Waals surface area contributed by atoms with E-state index in [2.05, 4.69) is 15.2 Å². The van der Waals surface area contributed by atoms with E-state index in [4.69, 9.17) is 19.2 Å². The summed E-state index contributed by atoms with van der Waals surface area (Å²) in [6.07, 6.45) is 0.908. The van der Waals surface area contributed by atoms with Gasteiger partial charge in [0.25, 0.3) is 5.91 Å². The molecule has 5 rings (SSSR count). The van der Waals surface area contributed by atoms with Crippen molar-refractivity contribution in [2.24, 2.45) is 9.98 Å². The lowest BCUT2D eigenvalue weighted by Crippen LogP contribution is -2.47. The number of thiophene rings is 1. The van der Waals surface area contributed by atoms with E-state index in [1.54, 1.807) is 7.11 Å². The van der Waals surface area contributed by atoms with E-state index in [-0.39, 0.29) is 5.91 Å². The van der Waals surface area contributed by atoms with Gasteiger partial charge in [0.2, 0.25) is 5.96 Å². The molecule has 0 unspecified atom stereocenters. The number of carbonyl (C=O) groups excluding carboxylic acids is 1. The van der Waals surface area contributed by atoms with Gasteiger partial charge >= 0.3 is 0 Å². The molecule has 0 bridgehead atoms. The van der Waals surface area contributed by atoms with E-state index in [0.29, 0.717) is 47.7 Å². The summed E-state index contributed by atoms with van der Waals surface area (Å²) in [4.78, 5) is 28.7. The predicted octanol–water partition coefficient (Wildman–Crippen LogP) is 2.97.